The van der Waals surface area contributed by atoms with Gasteiger partial charge in [-0.1, -0.05) is 31.0 Å². The molecule has 0 aromatic heterocycles. The van der Waals surface area contributed by atoms with Gasteiger partial charge in [-0.05, 0) is 25.0 Å². The van der Waals surface area contributed by atoms with E-state index in [0.29, 0.717) is 6.42 Å². The molecule has 0 saturated carbocycles. The summed E-state index contributed by atoms with van der Waals surface area (Å²) in [6.07, 6.45) is 5.26. The first-order valence-corrected chi connectivity index (χ1v) is 7.15. The zero-order valence-electron chi connectivity index (χ0n) is 10.8. The molecular weight excluding hydrogens is 244 g/mol. The standard InChI is InChI=1S/C15H21ClN2/c16-11-6-1-2-7-13-18(14-8-12-17)15-9-4-3-5-10-15/h3-5,9-10H,1-2,6-8,11,13-14H2. The van der Waals surface area contributed by atoms with Crippen LogP contribution in [0.4, 0.5) is 5.69 Å². The molecule has 1 rings (SSSR count). The number of hydrogen-bond donors (Lipinski definition) is 0. The number of hydrogen-bond acceptors (Lipinski definition) is 2. The minimum absolute atomic E-state index is 0.580. The van der Waals surface area contributed by atoms with Crippen molar-refractivity contribution in [3.8, 4) is 6.07 Å². The molecule has 2 nitrogen and oxygen atoms in total. The number of unbranched alkanes of at least 4 members (excludes halogenated alkanes) is 3. The highest BCUT2D eigenvalue weighted by Crippen LogP contribution is 2.15. The lowest BCUT2D eigenvalue weighted by atomic mass is 10.2. The summed E-state index contributed by atoms with van der Waals surface area (Å²) in [5, 5.41) is 8.71. The van der Waals surface area contributed by atoms with Gasteiger partial charge in [0, 0.05) is 24.7 Å². The summed E-state index contributed by atoms with van der Waals surface area (Å²) in [6.45, 7) is 1.84. The van der Waals surface area contributed by atoms with Crippen LogP contribution in [0.25, 0.3) is 0 Å². The summed E-state index contributed by atoms with van der Waals surface area (Å²) < 4.78 is 0. The van der Waals surface area contributed by atoms with Crippen LogP contribution >= 0.6 is 11.6 Å². The first kappa shape index (κ1) is 14.9. The summed E-state index contributed by atoms with van der Waals surface area (Å²) in [5.41, 5.74) is 1.21. The second-order valence-electron chi connectivity index (χ2n) is 4.33. The van der Waals surface area contributed by atoms with Gasteiger partial charge in [0.25, 0.3) is 0 Å². The number of rotatable bonds is 9. The minimum Gasteiger partial charge on any atom is -0.371 e. The van der Waals surface area contributed by atoms with E-state index >= 15 is 0 Å². The smallest absolute Gasteiger partial charge is 0.0640 e. The van der Waals surface area contributed by atoms with Crippen molar-refractivity contribution >= 4 is 17.3 Å². The molecule has 0 amide bonds. The number of anilines is 1. The van der Waals surface area contributed by atoms with Crippen molar-refractivity contribution in [2.75, 3.05) is 23.9 Å². The fourth-order valence-corrected chi connectivity index (χ4v) is 2.13. The van der Waals surface area contributed by atoms with Gasteiger partial charge in [0.2, 0.25) is 0 Å². The molecule has 0 bridgehead atoms. The molecule has 3 heteroatoms. The van der Waals surface area contributed by atoms with E-state index in [1.165, 1.54) is 18.5 Å². The first-order chi connectivity index (χ1) is 8.88. The van der Waals surface area contributed by atoms with Crippen molar-refractivity contribution in [2.24, 2.45) is 0 Å². The summed E-state index contributed by atoms with van der Waals surface area (Å²) in [7, 11) is 0. The van der Waals surface area contributed by atoms with Crippen LogP contribution in [0.15, 0.2) is 30.3 Å². The number of nitriles is 1. The SMILES string of the molecule is N#CCCN(CCCCCCCl)c1ccccc1. The molecule has 0 aliphatic carbocycles. The maximum absolute atomic E-state index is 8.71. The van der Waals surface area contributed by atoms with Gasteiger partial charge in [0.15, 0.2) is 0 Å². The van der Waals surface area contributed by atoms with E-state index in [1.54, 1.807) is 0 Å². The van der Waals surface area contributed by atoms with Crippen molar-refractivity contribution < 1.29 is 0 Å². The molecule has 0 aliphatic rings. The fraction of sp³-hybridized carbons (Fsp3) is 0.533. The van der Waals surface area contributed by atoms with E-state index in [9.17, 15) is 0 Å². The van der Waals surface area contributed by atoms with Crippen molar-refractivity contribution in [3.05, 3.63) is 30.3 Å². The van der Waals surface area contributed by atoms with E-state index in [2.05, 4.69) is 23.1 Å². The quantitative estimate of drug-likeness (QED) is 0.494. The van der Waals surface area contributed by atoms with E-state index in [-0.39, 0.29) is 0 Å². The number of alkyl halides is 1. The van der Waals surface area contributed by atoms with Gasteiger partial charge in [-0.2, -0.15) is 5.26 Å². The molecule has 0 atom stereocenters. The third kappa shape index (κ3) is 5.93. The number of halogens is 1. The van der Waals surface area contributed by atoms with Crippen LogP contribution in [-0.4, -0.2) is 19.0 Å². The van der Waals surface area contributed by atoms with Gasteiger partial charge < -0.3 is 4.90 Å². The second-order valence-corrected chi connectivity index (χ2v) is 4.71. The van der Waals surface area contributed by atoms with E-state index < -0.39 is 0 Å². The normalized spacial score (nSPS) is 10.0. The summed E-state index contributed by atoms with van der Waals surface area (Å²) >= 11 is 5.66. The molecule has 1 aromatic rings. The van der Waals surface area contributed by atoms with Gasteiger partial charge in [0.05, 0.1) is 12.5 Å². The van der Waals surface area contributed by atoms with Gasteiger partial charge in [-0.3, -0.25) is 0 Å². The highest BCUT2D eigenvalue weighted by atomic mass is 35.5. The zero-order valence-corrected chi connectivity index (χ0v) is 11.6. The average Bonchev–Trinajstić information content (AvgIpc) is 2.43. The Morgan fingerprint density at radius 2 is 1.72 bits per heavy atom. The van der Waals surface area contributed by atoms with Crippen LogP contribution in [0.3, 0.4) is 0 Å². The predicted octanol–water partition coefficient (Wildman–Crippen LogP) is 4.21. The van der Waals surface area contributed by atoms with Gasteiger partial charge in [0.1, 0.15) is 0 Å². The van der Waals surface area contributed by atoms with Crippen LogP contribution in [0, 0.1) is 11.3 Å². The lowest BCUT2D eigenvalue weighted by molar-refractivity contribution is 0.646. The van der Waals surface area contributed by atoms with Gasteiger partial charge >= 0.3 is 0 Å². The Kier molecular flexibility index (Phi) is 8.08. The topological polar surface area (TPSA) is 27.0 Å². The highest BCUT2D eigenvalue weighted by Gasteiger charge is 2.04. The van der Waals surface area contributed by atoms with Crippen molar-refractivity contribution in [2.45, 2.75) is 32.1 Å². The minimum atomic E-state index is 0.580. The molecule has 98 valence electrons. The largest absolute Gasteiger partial charge is 0.371 e. The number of nitrogens with zero attached hydrogens (tertiary/aromatic N) is 2. The summed E-state index contributed by atoms with van der Waals surface area (Å²) in [5.74, 6) is 0.761. The highest BCUT2D eigenvalue weighted by molar-refractivity contribution is 6.17. The Bertz CT molecular complexity index is 345. The van der Waals surface area contributed by atoms with Crippen LogP contribution in [0.5, 0.6) is 0 Å². The van der Waals surface area contributed by atoms with E-state index in [4.69, 9.17) is 16.9 Å². The summed E-state index contributed by atoms with van der Waals surface area (Å²) in [6, 6.07) is 12.5. The Morgan fingerprint density at radius 1 is 1.00 bits per heavy atom. The molecule has 18 heavy (non-hydrogen) atoms. The van der Waals surface area contributed by atoms with Crippen LogP contribution < -0.4 is 4.90 Å². The third-order valence-electron chi connectivity index (χ3n) is 2.93. The molecule has 0 saturated heterocycles. The van der Waals surface area contributed by atoms with Gasteiger partial charge in [-0.25, -0.2) is 0 Å². The maximum atomic E-state index is 8.71. The Balaban J connectivity index is 2.39. The lowest BCUT2D eigenvalue weighted by Gasteiger charge is -2.23. The van der Waals surface area contributed by atoms with E-state index in [0.717, 1.165) is 31.8 Å². The molecule has 0 N–H and O–H groups in total. The number of benzene rings is 1. The van der Waals surface area contributed by atoms with Crippen molar-refractivity contribution in [1.29, 1.82) is 5.26 Å². The molecule has 1 aromatic carbocycles. The molecule has 0 spiro atoms. The summed E-state index contributed by atoms with van der Waals surface area (Å²) in [4.78, 5) is 2.30. The molecule has 0 unspecified atom stereocenters. The fourth-order valence-electron chi connectivity index (χ4n) is 1.94. The maximum Gasteiger partial charge on any atom is 0.0640 e. The van der Waals surface area contributed by atoms with Gasteiger partial charge in [-0.15, -0.1) is 11.6 Å². The third-order valence-corrected chi connectivity index (χ3v) is 3.19. The van der Waals surface area contributed by atoms with Crippen LogP contribution in [0.1, 0.15) is 32.1 Å². The predicted molar refractivity (Wildman–Crippen MR) is 78.1 cm³/mol. The molecule has 0 fully saturated rings. The van der Waals surface area contributed by atoms with Crippen LogP contribution in [0.2, 0.25) is 0 Å². The Morgan fingerprint density at radius 3 is 2.39 bits per heavy atom. The Labute approximate surface area is 115 Å². The van der Waals surface area contributed by atoms with E-state index in [1.807, 2.05) is 18.2 Å². The molecule has 0 heterocycles. The molecular formula is C15H21ClN2. The molecule has 0 radical (unpaired) electrons. The average molecular weight is 265 g/mol. The molecule has 0 aliphatic heterocycles. The monoisotopic (exact) mass is 264 g/mol. The second kappa shape index (κ2) is 9.79. The Hall–Kier alpha value is -1.20. The number of para-hydroxylation sites is 1. The van der Waals surface area contributed by atoms with Crippen molar-refractivity contribution in [1.82, 2.24) is 0 Å². The zero-order chi connectivity index (χ0) is 13.1. The van der Waals surface area contributed by atoms with Crippen molar-refractivity contribution in [3.63, 3.8) is 0 Å². The first-order valence-electron chi connectivity index (χ1n) is 6.61. The van der Waals surface area contributed by atoms with Crippen LogP contribution in [-0.2, 0) is 0 Å². The lowest BCUT2D eigenvalue weighted by Crippen LogP contribution is -2.25.